The standard InChI is InChI=1S/C22H25ClN4O2S/c1-4-27-21(16(3)29-19-12-15(2)10-11-18(19)23)25-26-22(27)30-14-20(28)24-13-17-8-6-5-7-9-17/h5-12,16H,4,13-14H2,1-3H3,(H,24,28). The number of carbonyl (C=O) groups excluding carboxylic acids is 1. The van der Waals surface area contributed by atoms with Crippen LogP contribution in [-0.2, 0) is 17.9 Å². The van der Waals surface area contributed by atoms with Gasteiger partial charge in [0.25, 0.3) is 0 Å². The number of aryl methyl sites for hydroxylation is 1. The lowest BCUT2D eigenvalue weighted by molar-refractivity contribution is -0.118. The minimum absolute atomic E-state index is 0.0492. The fourth-order valence-electron chi connectivity index (χ4n) is 2.93. The third-order valence-corrected chi connectivity index (χ3v) is 5.76. The molecule has 1 atom stereocenters. The molecule has 0 radical (unpaired) electrons. The van der Waals surface area contributed by atoms with E-state index in [1.165, 1.54) is 11.8 Å². The van der Waals surface area contributed by atoms with Gasteiger partial charge >= 0.3 is 0 Å². The Bertz CT molecular complexity index is 994. The van der Waals surface area contributed by atoms with Gasteiger partial charge in [0.05, 0.1) is 10.8 Å². The van der Waals surface area contributed by atoms with Crippen molar-refractivity contribution in [1.29, 1.82) is 0 Å². The van der Waals surface area contributed by atoms with Gasteiger partial charge in [-0.1, -0.05) is 59.8 Å². The second-order valence-electron chi connectivity index (χ2n) is 6.83. The van der Waals surface area contributed by atoms with Gasteiger partial charge in [-0.25, -0.2) is 0 Å². The van der Waals surface area contributed by atoms with E-state index in [4.69, 9.17) is 16.3 Å². The third kappa shape index (κ3) is 5.77. The summed E-state index contributed by atoms with van der Waals surface area (Å²) < 4.78 is 8.00. The van der Waals surface area contributed by atoms with Crippen molar-refractivity contribution in [1.82, 2.24) is 20.1 Å². The highest BCUT2D eigenvalue weighted by molar-refractivity contribution is 7.99. The summed E-state index contributed by atoms with van der Waals surface area (Å²) in [5.41, 5.74) is 2.13. The smallest absolute Gasteiger partial charge is 0.230 e. The molecule has 0 fully saturated rings. The lowest BCUT2D eigenvalue weighted by Gasteiger charge is -2.16. The topological polar surface area (TPSA) is 69.0 Å². The van der Waals surface area contributed by atoms with Crippen LogP contribution in [0, 0.1) is 6.92 Å². The van der Waals surface area contributed by atoms with Crippen LogP contribution in [-0.4, -0.2) is 26.4 Å². The van der Waals surface area contributed by atoms with E-state index in [0.717, 1.165) is 11.1 Å². The number of ether oxygens (including phenoxy) is 1. The Labute approximate surface area is 186 Å². The first kappa shape index (κ1) is 22.2. The second-order valence-corrected chi connectivity index (χ2v) is 8.18. The molecule has 0 saturated heterocycles. The maximum absolute atomic E-state index is 12.2. The Hall–Kier alpha value is -2.51. The fourth-order valence-corrected chi connectivity index (χ4v) is 3.93. The quantitative estimate of drug-likeness (QED) is 0.480. The van der Waals surface area contributed by atoms with Gasteiger partial charge in [0.2, 0.25) is 5.91 Å². The predicted molar refractivity (Wildman–Crippen MR) is 120 cm³/mol. The molecule has 0 bridgehead atoms. The fraction of sp³-hybridized carbons (Fsp3) is 0.318. The highest BCUT2D eigenvalue weighted by Gasteiger charge is 2.20. The molecule has 3 rings (SSSR count). The van der Waals surface area contributed by atoms with Crippen molar-refractivity contribution < 1.29 is 9.53 Å². The summed E-state index contributed by atoms with van der Waals surface area (Å²) in [6, 6.07) is 15.5. The number of aromatic nitrogens is 3. The molecule has 30 heavy (non-hydrogen) atoms. The Morgan fingerprint density at radius 3 is 2.73 bits per heavy atom. The van der Waals surface area contributed by atoms with Crippen LogP contribution in [0.15, 0.2) is 53.7 Å². The summed E-state index contributed by atoms with van der Waals surface area (Å²) in [5, 5.41) is 12.7. The van der Waals surface area contributed by atoms with E-state index < -0.39 is 0 Å². The molecule has 1 aromatic heterocycles. The predicted octanol–water partition coefficient (Wildman–Crippen LogP) is 4.81. The number of hydrogen-bond acceptors (Lipinski definition) is 5. The van der Waals surface area contributed by atoms with E-state index in [0.29, 0.717) is 34.8 Å². The Kier molecular flexibility index (Phi) is 7.76. The van der Waals surface area contributed by atoms with Crippen molar-refractivity contribution in [2.75, 3.05) is 5.75 Å². The number of thioether (sulfide) groups is 1. The molecule has 158 valence electrons. The van der Waals surface area contributed by atoms with Crippen molar-refractivity contribution in [2.45, 2.75) is 45.1 Å². The molecule has 0 aliphatic heterocycles. The van der Waals surface area contributed by atoms with Gasteiger partial charge < -0.3 is 14.6 Å². The first-order chi connectivity index (χ1) is 14.5. The number of halogens is 1. The Morgan fingerprint density at radius 2 is 2.00 bits per heavy atom. The molecule has 8 heteroatoms. The lowest BCUT2D eigenvalue weighted by atomic mass is 10.2. The number of rotatable bonds is 9. The highest BCUT2D eigenvalue weighted by Crippen LogP contribution is 2.30. The second kappa shape index (κ2) is 10.5. The van der Waals surface area contributed by atoms with Crippen molar-refractivity contribution in [2.24, 2.45) is 0 Å². The van der Waals surface area contributed by atoms with Gasteiger partial charge in [-0.3, -0.25) is 4.79 Å². The van der Waals surface area contributed by atoms with Crippen LogP contribution in [0.1, 0.15) is 36.9 Å². The molecule has 0 saturated carbocycles. The van der Waals surface area contributed by atoms with E-state index in [2.05, 4.69) is 15.5 Å². The number of amides is 1. The van der Waals surface area contributed by atoms with Crippen LogP contribution in [0.4, 0.5) is 0 Å². The SMILES string of the molecule is CCn1c(SCC(=O)NCc2ccccc2)nnc1C(C)Oc1cc(C)ccc1Cl. The zero-order valence-corrected chi connectivity index (χ0v) is 18.8. The van der Waals surface area contributed by atoms with Gasteiger partial charge in [0.15, 0.2) is 17.1 Å². The van der Waals surface area contributed by atoms with Crippen LogP contribution in [0.3, 0.4) is 0 Å². The monoisotopic (exact) mass is 444 g/mol. The molecular formula is C22H25ClN4O2S. The van der Waals surface area contributed by atoms with Crippen molar-refractivity contribution in [3.63, 3.8) is 0 Å². The number of nitrogens with zero attached hydrogens (tertiary/aromatic N) is 3. The van der Waals surface area contributed by atoms with Crippen LogP contribution in [0.2, 0.25) is 5.02 Å². The van der Waals surface area contributed by atoms with Crippen LogP contribution < -0.4 is 10.1 Å². The van der Waals surface area contributed by atoms with Gasteiger partial charge in [0, 0.05) is 13.1 Å². The summed E-state index contributed by atoms with van der Waals surface area (Å²) in [6.45, 7) is 7.09. The molecule has 0 aliphatic carbocycles. The maximum Gasteiger partial charge on any atom is 0.230 e. The minimum atomic E-state index is -0.335. The van der Waals surface area contributed by atoms with Crippen molar-refractivity contribution in [3.05, 3.63) is 70.5 Å². The largest absolute Gasteiger partial charge is 0.481 e. The van der Waals surface area contributed by atoms with E-state index in [1.54, 1.807) is 0 Å². The average molecular weight is 445 g/mol. The van der Waals surface area contributed by atoms with Gasteiger partial charge in [-0.05, 0) is 44.0 Å². The molecule has 0 spiro atoms. The van der Waals surface area contributed by atoms with Gasteiger partial charge in [0.1, 0.15) is 5.75 Å². The average Bonchev–Trinajstić information content (AvgIpc) is 3.17. The summed E-state index contributed by atoms with van der Waals surface area (Å²) >= 11 is 7.61. The number of benzene rings is 2. The van der Waals surface area contributed by atoms with Crippen molar-refractivity contribution in [3.8, 4) is 5.75 Å². The minimum Gasteiger partial charge on any atom is -0.481 e. The number of hydrogen-bond donors (Lipinski definition) is 1. The Balaban J connectivity index is 1.60. The molecule has 1 unspecified atom stereocenters. The zero-order valence-electron chi connectivity index (χ0n) is 17.3. The van der Waals surface area contributed by atoms with Crippen LogP contribution in [0.5, 0.6) is 5.75 Å². The summed E-state index contributed by atoms with van der Waals surface area (Å²) in [4.78, 5) is 12.2. The molecule has 6 nitrogen and oxygen atoms in total. The highest BCUT2D eigenvalue weighted by atomic mass is 35.5. The Morgan fingerprint density at radius 1 is 1.23 bits per heavy atom. The molecule has 1 heterocycles. The lowest BCUT2D eigenvalue weighted by Crippen LogP contribution is -2.24. The third-order valence-electron chi connectivity index (χ3n) is 4.48. The summed E-state index contributed by atoms with van der Waals surface area (Å²) in [7, 11) is 0. The number of nitrogens with one attached hydrogen (secondary N) is 1. The summed E-state index contributed by atoms with van der Waals surface area (Å²) in [5.74, 6) is 1.53. The molecule has 1 amide bonds. The zero-order chi connectivity index (χ0) is 21.5. The molecule has 0 aliphatic rings. The van der Waals surface area contributed by atoms with E-state index in [9.17, 15) is 4.79 Å². The van der Waals surface area contributed by atoms with E-state index >= 15 is 0 Å². The van der Waals surface area contributed by atoms with E-state index in [-0.39, 0.29) is 17.8 Å². The van der Waals surface area contributed by atoms with Gasteiger partial charge in [-0.2, -0.15) is 0 Å². The molecule has 2 aromatic carbocycles. The number of carbonyl (C=O) groups is 1. The van der Waals surface area contributed by atoms with Gasteiger partial charge in [-0.15, -0.1) is 10.2 Å². The van der Waals surface area contributed by atoms with Crippen LogP contribution >= 0.6 is 23.4 Å². The van der Waals surface area contributed by atoms with Crippen LogP contribution in [0.25, 0.3) is 0 Å². The van der Waals surface area contributed by atoms with E-state index in [1.807, 2.05) is 73.9 Å². The first-order valence-corrected chi connectivity index (χ1v) is 11.1. The first-order valence-electron chi connectivity index (χ1n) is 9.77. The maximum atomic E-state index is 12.2. The normalized spacial score (nSPS) is 11.9. The molecule has 3 aromatic rings. The van der Waals surface area contributed by atoms with Crippen molar-refractivity contribution >= 4 is 29.3 Å². The summed E-state index contributed by atoms with van der Waals surface area (Å²) in [6.07, 6.45) is -0.335. The molecular weight excluding hydrogens is 420 g/mol. The molecule has 1 N–H and O–H groups in total.